The number of hydrogen-bond donors (Lipinski definition) is 1. The Morgan fingerprint density at radius 1 is 1.05 bits per heavy atom. The molecule has 0 atom stereocenters. The number of carbonyl (C=O) groups is 2. The zero-order chi connectivity index (χ0) is 15.5. The van der Waals surface area contributed by atoms with Gasteiger partial charge in [-0.2, -0.15) is 0 Å². The molecule has 2 saturated carbocycles. The van der Waals surface area contributed by atoms with E-state index in [-0.39, 0.29) is 17.7 Å². The van der Waals surface area contributed by atoms with Crippen molar-refractivity contribution < 1.29 is 9.59 Å². The average molecular weight is 300 g/mol. The molecule has 2 aliphatic carbocycles. The van der Waals surface area contributed by atoms with Crippen molar-refractivity contribution in [3.8, 4) is 0 Å². The van der Waals surface area contributed by atoms with Crippen molar-refractivity contribution >= 4 is 17.5 Å². The minimum absolute atomic E-state index is 0.0126. The molecule has 0 aliphatic heterocycles. The lowest BCUT2D eigenvalue weighted by Crippen LogP contribution is -2.38. The fraction of sp³-hybridized carbons (Fsp3) is 0.556. The van der Waals surface area contributed by atoms with Gasteiger partial charge in [-0.15, -0.1) is 0 Å². The fourth-order valence-electron chi connectivity index (χ4n) is 3.18. The van der Waals surface area contributed by atoms with Gasteiger partial charge in [-0.25, -0.2) is 0 Å². The molecule has 0 bridgehead atoms. The van der Waals surface area contributed by atoms with E-state index in [1.165, 1.54) is 19.3 Å². The molecule has 1 aromatic carbocycles. The number of amides is 2. The fourth-order valence-corrected chi connectivity index (χ4v) is 3.18. The largest absolute Gasteiger partial charge is 0.339 e. The van der Waals surface area contributed by atoms with Crippen LogP contribution in [0.5, 0.6) is 0 Å². The molecule has 1 N–H and O–H groups in total. The van der Waals surface area contributed by atoms with Gasteiger partial charge in [0.15, 0.2) is 0 Å². The maximum absolute atomic E-state index is 12.8. The highest BCUT2D eigenvalue weighted by molar-refractivity contribution is 6.04. The van der Waals surface area contributed by atoms with Crippen LogP contribution in [0.4, 0.5) is 5.69 Å². The third-order valence-corrected chi connectivity index (χ3v) is 4.81. The standard InChI is InChI=1S/C18H24N2O2/c1-20(14-7-3-2-4-8-14)18(22)15-9-5-6-10-16(15)19-17(21)13-11-12-13/h5-6,9-10,13-14H,2-4,7-8,11-12H2,1H3,(H,19,21). The summed E-state index contributed by atoms with van der Waals surface area (Å²) >= 11 is 0. The van der Waals surface area contributed by atoms with E-state index < -0.39 is 0 Å². The van der Waals surface area contributed by atoms with Gasteiger partial charge < -0.3 is 10.2 Å². The molecule has 2 fully saturated rings. The monoisotopic (exact) mass is 300 g/mol. The van der Waals surface area contributed by atoms with E-state index in [1.807, 2.05) is 36.2 Å². The normalized spacial score (nSPS) is 18.8. The summed E-state index contributed by atoms with van der Waals surface area (Å²) in [6.07, 6.45) is 7.75. The molecule has 4 nitrogen and oxygen atoms in total. The van der Waals surface area contributed by atoms with E-state index in [2.05, 4.69) is 5.32 Å². The number of carbonyl (C=O) groups excluding carboxylic acids is 2. The Labute approximate surface area is 131 Å². The Morgan fingerprint density at radius 3 is 2.41 bits per heavy atom. The molecule has 1 aromatic rings. The van der Waals surface area contributed by atoms with Gasteiger partial charge in [-0.05, 0) is 37.8 Å². The molecular weight excluding hydrogens is 276 g/mol. The summed E-state index contributed by atoms with van der Waals surface area (Å²) in [5, 5.41) is 2.92. The van der Waals surface area contributed by atoms with Crippen molar-refractivity contribution in [3.05, 3.63) is 29.8 Å². The summed E-state index contributed by atoms with van der Waals surface area (Å²) in [5.74, 6) is 0.193. The van der Waals surface area contributed by atoms with Crippen molar-refractivity contribution in [1.29, 1.82) is 0 Å². The summed E-state index contributed by atoms with van der Waals surface area (Å²) in [7, 11) is 1.89. The zero-order valence-corrected chi connectivity index (χ0v) is 13.2. The van der Waals surface area contributed by atoms with E-state index in [0.717, 1.165) is 25.7 Å². The van der Waals surface area contributed by atoms with E-state index in [9.17, 15) is 9.59 Å². The summed E-state index contributed by atoms with van der Waals surface area (Å²) in [4.78, 5) is 26.7. The summed E-state index contributed by atoms with van der Waals surface area (Å²) in [6.45, 7) is 0. The van der Waals surface area contributed by atoms with Gasteiger partial charge in [-0.3, -0.25) is 9.59 Å². The van der Waals surface area contributed by atoms with Crippen molar-refractivity contribution in [2.24, 2.45) is 5.92 Å². The summed E-state index contributed by atoms with van der Waals surface area (Å²) < 4.78 is 0. The second-order valence-electron chi connectivity index (χ2n) is 6.52. The SMILES string of the molecule is CN(C(=O)c1ccccc1NC(=O)C1CC1)C1CCCCC1. The summed E-state index contributed by atoms with van der Waals surface area (Å²) in [5.41, 5.74) is 1.25. The molecule has 0 radical (unpaired) electrons. The molecule has 0 heterocycles. The predicted octanol–water partition coefficient (Wildman–Crippen LogP) is 3.44. The van der Waals surface area contributed by atoms with Crippen LogP contribution in [-0.2, 0) is 4.79 Å². The Kier molecular flexibility index (Phi) is 4.46. The van der Waals surface area contributed by atoms with Crippen molar-refractivity contribution in [2.75, 3.05) is 12.4 Å². The van der Waals surface area contributed by atoms with Gasteiger partial charge in [-0.1, -0.05) is 31.4 Å². The van der Waals surface area contributed by atoms with Crippen LogP contribution in [0.15, 0.2) is 24.3 Å². The quantitative estimate of drug-likeness (QED) is 0.926. The van der Waals surface area contributed by atoms with E-state index >= 15 is 0 Å². The van der Waals surface area contributed by atoms with Gasteiger partial charge >= 0.3 is 0 Å². The number of benzene rings is 1. The zero-order valence-electron chi connectivity index (χ0n) is 13.2. The van der Waals surface area contributed by atoms with Crippen LogP contribution in [0.25, 0.3) is 0 Å². The lowest BCUT2D eigenvalue weighted by molar-refractivity contribution is -0.117. The predicted molar refractivity (Wildman–Crippen MR) is 86.8 cm³/mol. The molecular formula is C18H24N2O2. The lowest BCUT2D eigenvalue weighted by atomic mass is 9.94. The maximum Gasteiger partial charge on any atom is 0.255 e. The Balaban J connectivity index is 1.74. The molecule has 3 rings (SSSR count). The van der Waals surface area contributed by atoms with E-state index in [1.54, 1.807) is 0 Å². The number of hydrogen-bond acceptors (Lipinski definition) is 2. The van der Waals surface area contributed by atoms with Crippen LogP contribution in [-0.4, -0.2) is 29.8 Å². The molecule has 0 spiro atoms. The molecule has 2 aliphatic rings. The Bertz CT molecular complexity index is 560. The van der Waals surface area contributed by atoms with Crippen LogP contribution >= 0.6 is 0 Å². The summed E-state index contributed by atoms with van der Waals surface area (Å²) in [6, 6.07) is 7.68. The number of nitrogens with one attached hydrogen (secondary N) is 1. The first-order chi connectivity index (χ1) is 10.7. The van der Waals surface area contributed by atoms with Gasteiger partial charge in [0.25, 0.3) is 5.91 Å². The highest BCUT2D eigenvalue weighted by atomic mass is 16.2. The second kappa shape index (κ2) is 6.51. The first kappa shape index (κ1) is 15.1. The first-order valence-electron chi connectivity index (χ1n) is 8.34. The number of para-hydroxylation sites is 1. The molecule has 4 heteroatoms. The first-order valence-corrected chi connectivity index (χ1v) is 8.34. The third kappa shape index (κ3) is 3.32. The number of anilines is 1. The van der Waals surface area contributed by atoms with Crippen molar-refractivity contribution in [1.82, 2.24) is 4.90 Å². The highest BCUT2D eigenvalue weighted by Gasteiger charge is 2.31. The average Bonchev–Trinajstić information content (AvgIpc) is 3.40. The maximum atomic E-state index is 12.8. The van der Waals surface area contributed by atoms with Crippen LogP contribution < -0.4 is 5.32 Å². The minimum Gasteiger partial charge on any atom is -0.339 e. The smallest absolute Gasteiger partial charge is 0.255 e. The Morgan fingerprint density at radius 2 is 1.73 bits per heavy atom. The number of nitrogens with zero attached hydrogens (tertiary/aromatic N) is 1. The number of rotatable bonds is 4. The highest BCUT2D eigenvalue weighted by Crippen LogP contribution is 2.31. The molecule has 2 amide bonds. The van der Waals surface area contributed by atoms with Gasteiger partial charge in [0.2, 0.25) is 5.91 Å². The van der Waals surface area contributed by atoms with E-state index in [4.69, 9.17) is 0 Å². The Hall–Kier alpha value is -1.84. The van der Waals surface area contributed by atoms with Crippen LogP contribution in [0.3, 0.4) is 0 Å². The second-order valence-corrected chi connectivity index (χ2v) is 6.52. The van der Waals surface area contributed by atoms with E-state index in [0.29, 0.717) is 17.3 Å². The van der Waals surface area contributed by atoms with Crippen LogP contribution in [0.2, 0.25) is 0 Å². The molecule has 118 valence electrons. The van der Waals surface area contributed by atoms with Crippen molar-refractivity contribution in [3.63, 3.8) is 0 Å². The third-order valence-electron chi connectivity index (χ3n) is 4.81. The molecule has 0 aromatic heterocycles. The lowest BCUT2D eigenvalue weighted by Gasteiger charge is -2.31. The topological polar surface area (TPSA) is 49.4 Å². The molecule has 22 heavy (non-hydrogen) atoms. The van der Waals surface area contributed by atoms with Gasteiger partial charge in [0, 0.05) is 19.0 Å². The van der Waals surface area contributed by atoms with Crippen LogP contribution in [0.1, 0.15) is 55.3 Å². The van der Waals surface area contributed by atoms with Gasteiger partial charge in [0.05, 0.1) is 11.3 Å². The van der Waals surface area contributed by atoms with Crippen molar-refractivity contribution in [2.45, 2.75) is 51.0 Å². The molecule has 0 unspecified atom stereocenters. The molecule has 0 saturated heterocycles. The minimum atomic E-state index is 0.0126. The van der Waals surface area contributed by atoms with Gasteiger partial charge in [0.1, 0.15) is 0 Å². The van der Waals surface area contributed by atoms with Crippen LogP contribution in [0, 0.1) is 5.92 Å².